The quantitative estimate of drug-likeness (QED) is 0.0876. The molecule has 2 aliphatic rings. The van der Waals surface area contributed by atoms with Crippen molar-refractivity contribution in [3.8, 4) is 22.5 Å². The first kappa shape index (κ1) is 25.5. The first-order chi connectivity index (χ1) is 16.9. The molecule has 1 aliphatic heterocycles. The Kier molecular flexibility index (Phi) is 8.29. The van der Waals surface area contributed by atoms with Gasteiger partial charge < -0.3 is 14.9 Å². The van der Waals surface area contributed by atoms with E-state index in [4.69, 9.17) is 20.3 Å². The van der Waals surface area contributed by atoms with Crippen LogP contribution in [0.2, 0.25) is 0 Å². The van der Waals surface area contributed by atoms with Gasteiger partial charge in [0.1, 0.15) is 0 Å². The van der Waals surface area contributed by atoms with Gasteiger partial charge in [0, 0.05) is 22.2 Å². The number of ether oxygens (including phenoxy) is 1. The van der Waals surface area contributed by atoms with Gasteiger partial charge in [-0.2, -0.15) is 0 Å². The van der Waals surface area contributed by atoms with Crippen molar-refractivity contribution in [1.82, 2.24) is 0 Å². The van der Waals surface area contributed by atoms with E-state index in [1.165, 1.54) is 25.7 Å². The molecule has 0 saturated carbocycles. The lowest BCUT2D eigenvalue weighted by Crippen LogP contribution is -2.09. The third kappa shape index (κ3) is 5.31. The SMILES string of the molecule is CCCCCCCCOC(=O)c1ccccc1-c1c2ccc(=N)c(Br)c-2oc2c(Br)c(N)ccc12. The summed E-state index contributed by atoms with van der Waals surface area (Å²) in [5.74, 6) is 0.170. The Labute approximate surface area is 221 Å². The summed E-state index contributed by atoms with van der Waals surface area (Å²) in [7, 11) is 0. The Hall–Kier alpha value is -2.64. The number of halogens is 2. The molecule has 3 N–H and O–H groups in total. The van der Waals surface area contributed by atoms with Crippen molar-refractivity contribution in [2.24, 2.45) is 0 Å². The number of benzene rings is 3. The molecule has 5 nitrogen and oxygen atoms in total. The molecule has 1 aliphatic carbocycles. The molecule has 0 saturated heterocycles. The number of carbonyl (C=O) groups is 1. The maximum absolute atomic E-state index is 13.2. The molecule has 182 valence electrons. The third-order valence-electron chi connectivity index (χ3n) is 6.11. The number of unbranched alkanes of at least 4 members (excludes halogenated alkanes) is 5. The third-order valence-corrected chi connectivity index (χ3v) is 7.72. The number of rotatable bonds is 9. The van der Waals surface area contributed by atoms with Crippen molar-refractivity contribution in [1.29, 1.82) is 5.41 Å². The predicted octanol–water partition coefficient (Wildman–Crippen LogP) is 8.31. The molecule has 2 aromatic rings. The Morgan fingerprint density at radius 2 is 1.69 bits per heavy atom. The monoisotopic (exact) mass is 598 g/mol. The standard InChI is InChI=1S/C28H28Br2N2O3/c1-2-3-4-5-6-9-16-34-28(33)18-11-8-7-10-17(18)23-19-12-14-21(31)24(29)26(19)35-27-20(23)13-15-22(32)25(27)30/h7-8,10-15,31H,2-6,9,16,32H2,1H3. The highest BCUT2D eigenvalue weighted by Gasteiger charge is 2.25. The molecule has 0 fully saturated rings. The lowest BCUT2D eigenvalue weighted by molar-refractivity contribution is 0.0498. The Bertz CT molecular complexity index is 1400. The topological polar surface area (TPSA) is 89.3 Å². The molecule has 2 aromatic carbocycles. The van der Waals surface area contributed by atoms with E-state index < -0.39 is 0 Å². The molecular formula is C28H28Br2N2O3. The van der Waals surface area contributed by atoms with Crippen LogP contribution in [-0.2, 0) is 4.74 Å². The second kappa shape index (κ2) is 11.4. The van der Waals surface area contributed by atoms with Crippen LogP contribution in [0.5, 0.6) is 0 Å². The highest BCUT2D eigenvalue weighted by Crippen LogP contribution is 2.45. The van der Waals surface area contributed by atoms with Crippen LogP contribution in [-0.4, -0.2) is 12.6 Å². The number of hydrogen-bond acceptors (Lipinski definition) is 5. The summed E-state index contributed by atoms with van der Waals surface area (Å²) in [5.41, 5.74) is 10.1. The average molecular weight is 600 g/mol. The van der Waals surface area contributed by atoms with Gasteiger partial charge in [-0.1, -0.05) is 57.2 Å². The summed E-state index contributed by atoms with van der Waals surface area (Å²) in [6.45, 7) is 2.60. The van der Waals surface area contributed by atoms with Crippen LogP contribution in [0, 0.1) is 5.41 Å². The molecule has 4 rings (SSSR count). The zero-order valence-corrected chi connectivity index (χ0v) is 22.8. The van der Waals surface area contributed by atoms with Crippen LogP contribution < -0.4 is 11.1 Å². The van der Waals surface area contributed by atoms with E-state index in [9.17, 15) is 4.79 Å². The number of esters is 1. The van der Waals surface area contributed by atoms with Gasteiger partial charge >= 0.3 is 5.97 Å². The summed E-state index contributed by atoms with van der Waals surface area (Å²) in [5, 5.41) is 9.33. The lowest BCUT2D eigenvalue weighted by atomic mass is 9.90. The van der Waals surface area contributed by atoms with Crippen LogP contribution in [0.1, 0.15) is 55.8 Å². The van der Waals surface area contributed by atoms with E-state index in [1.807, 2.05) is 36.4 Å². The van der Waals surface area contributed by atoms with Gasteiger partial charge in [0.15, 0.2) is 11.3 Å². The minimum absolute atomic E-state index is 0.304. The zero-order valence-electron chi connectivity index (χ0n) is 19.6. The summed E-state index contributed by atoms with van der Waals surface area (Å²) in [6.07, 6.45) is 6.77. The molecular weight excluding hydrogens is 572 g/mol. The van der Waals surface area contributed by atoms with Crippen LogP contribution in [0.4, 0.5) is 5.69 Å². The molecule has 7 heteroatoms. The van der Waals surface area contributed by atoms with Crippen molar-refractivity contribution >= 4 is 54.5 Å². The van der Waals surface area contributed by atoms with E-state index in [0.29, 0.717) is 43.5 Å². The van der Waals surface area contributed by atoms with Gasteiger partial charge in [0.25, 0.3) is 0 Å². The molecule has 0 aromatic heterocycles. The van der Waals surface area contributed by atoms with E-state index in [1.54, 1.807) is 12.1 Å². The molecule has 0 spiro atoms. The predicted molar refractivity (Wildman–Crippen MR) is 148 cm³/mol. The number of nitrogen functional groups attached to an aromatic ring is 1. The van der Waals surface area contributed by atoms with Crippen LogP contribution in [0.3, 0.4) is 0 Å². The van der Waals surface area contributed by atoms with Gasteiger partial charge in [0.05, 0.1) is 26.5 Å². The van der Waals surface area contributed by atoms with Gasteiger partial charge in [-0.3, -0.25) is 5.41 Å². The Morgan fingerprint density at radius 3 is 2.49 bits per heavy atom. The van der Waals surface area contributed by atoms with E-state index >= 15 is 0 Å². The fourth-order valence-electron chi connectivity index (χ4n) is 4.26. The van der Waals surface area contributed by atoms with Gasteiger partial charge in [-0.25, -0.2) is 4.79 Å². The van der Waals surface area contributed by atoms with Crippen molar-refractivity contribution in [2.45, 2.75) is 45.4 Å². The summed E-state index contributed by atoms with van der Waals surface area (Å²) in [4.78, 5) is 13.2. The van der Waals surface area contributed by atoms with E-state index in [0.717, 1.165) is 34.9 Å². The zero-order chi connectivity index (χ0) is 24.9. The second-order valence-electron chi connectivity index (χ2n) is 8.58. The smallest absolute Gasteiger partial charge is 0.338 e. The highest BCUT2D eigenvalue weighted by molar-refractivity contribution is 9.11. The van der Waals surface area contributed by atoms with Crippen molar-refractivity contribution in [3.05, 3.63) is 68.4 Å². The Balaban J connectivity index is 1.77. The van der Waals surface area contributed by atoms with E-state index in [2.05, 4.69) is 38.8 Å². The van der Waals surface area contributed by atoms with Crippen LogP contribution >= 0.6 is 31.9 Å². The molecule has 0 atom stereocenters. The largest absolute Gasteiger partial charge is 0.462 e. The average Bonchev–Trinajstić information content (AvgIpc) is 2.87. The van der Waals surface area contributed by atoms with Gasteiger partial charge in [-0.05, 0) is 74.2 Å². The molecule has 0 unspecified atom stereocenters. The highest BCUT2D eigenvalue weighted by atomic mass is 79.9. The van der Waals surface area contributed by atoms with Crippen molar-refractivity contribution in [3.63, 3.8) is 0 Å². The fraction of sp³-hybridized carbons (Fsp3) is 0.286. The van der Waals surface area contributed by atoms with E-state index in [-0.39, 0.29) is 5.97 Å². The second-order valence-corrected chi connectivity index (χ2v) is 10.2. The number of nitrogens with two attached hydrogens (primary N) is 1. The molecule has 0 bridgehead atoms. The Morgan fingerprint density at radius 1 is 0.943 bits per heavy atom. The number of carbonyl (C=O) groups excluding carboxylic acids is 1. The van der Waals surface area contributed by atoms with Crippen LogP contribution in [0.15, 0.2) is 61.9 Å². The summed E-state index contributed by atoms with van der Waals surface area (Å²) < 4.78 is 13.1. The molecule has 0 radical (unpaired) electrons. The van der Waals surface area contributed by atoms with Crippen molar-refractivity contribution < 1.29 is 13.9 Å². The first-order valence-electron chi connectivity index (χ1n) is 11.9. The number of hydrogen-bond donors (Lipinski definition) is 2. The maximum atomic E-state index is 13.2. The molecule has 35 heavy (non-hydrogen) atoms. The molecule has 1 heterocycles. The molecule has 0 amide bonds. The number of fused-ring (bicyclic) bond motifs is 2. The maximum Gasteiger partial charge on any atom is 0.338 e. The number of nitrogens with one attached hydrogen (secondary N) is 1. The lowest BCUT2D eigenvalue weighted by Gasteiger charge is -2.19. The summed E-state index contributed by atoms with van der Waals surface area (Å²) >= 11 is 7.06. The van der Waals surface area contributed by atoms with Gasteiger partial charge in [-0.15, -0.1) is 0 Å². The van der Waals surface area contributed by atoms with Crippen LogP contribution in [0.25, 0.3) is 33.4 Å². The minimum atomic E-state index is -0.345. The summed E-state index contributed by atoms with van der Waals surface area (Å²) in [6, 6.07) is 14.7. The van der Waals surface area contributed by atoms with Crippen molar-refractivity contribution in [2.75, 3.05) is 12.3 Å². The fourth-order valence-corrected chi connectivity index (χ4v) is 5.12. The first-order valence-corrected chi connectivity index (χ1v) is 13.5. The number of anilines is 1. The normalized spacial score (nSPS) is 11.3. The van der Waals surface area contributed by atoms with Gasteiger partial charge in [0.2, 0.25) is 0 Å². The minimum Gasteiger partial charge on any atom is -0.462 e.